The van der Waals surface area contributed by atoms with Crippen LogP contribution in [-0.4, -0.2) is 315 Å². The van der Waals surface area contributed by atoms with Crippen molar-refractivity contribution in [3.8, 4) is 0 Å². The maximum atomic E-state index is 12.3. The average Bonchev–Trinajstić information content (AvgIpc) is 3.43. The molecule has 5 rings (SSSR count). The summed E-state index contributed by atoms with van der Waals surface area (Å²) < 4.78 is 73.3. The summed E-state index contributed by atoms with van der Waals surface area (Å²) in [6, 6.07) is 0. The van der Waals surface area contributed by atoms with Crippen LogP contribution in [0.1, 0.15) is 13.3 Å². The van der Waals surface area contributed by atoms with E-state index in [9.17, 15) is 85.3 Å². The maximum absolute atomic E-state index is 12.3. The number of carboxylic acids is 2. The van der Waals surface area contributed by atoms with Crippen molar-refractivity contribution < 1.29 is 152 Å². The molecule has 0 bridgehead atoms. The summed E-state index contributed by atoms with van der Waals surface area (Å²) in [4.78, 5) is 60.3. The molecule has 0 aromatic heterocycles. The van der Waals surface area contributed by atoms with Crippen LogP contribution in [0.3, 0.4) is 0 Å². The fraction of sp³-hybridized carbons (Fsp3) is 0.894. The van der Waals surface area contributed by atoms with Crippen LogP contribution in [0.15, 0.2) is 0 Å². The van der Waals surface area contributed by atoms with E-state index < -0.39 is 201 Å². The highest BCUT2D eigenvalue weighted by molar-refractivity contribution is 5.76. The van der Waals surface area contributed by atoms with Crippen LogP contribution in [0.25, 0.3) is 0 Å². The van der Waals surface area contributed by atoms with Crippen molar-refractivity contribution >= 4 is 29.8 Å². The van der Waals surface area contributed by atoms with Gasteiger partial charge in [-0.2, -0.15) is 0 Å². The minimum absolute atomic E-state index is 0.0714. The summed E-state index contributed by atoms with van der Waals surface area (Å²) in [5.41, 5.74) is 0. The van der Waals surface area contributed by atoms with Gasteiger partial charge in [0, 0.05) is 50.9 Å². The Labute approximate surface area is 447 Å². The number of aliphatic hydroxyl groups excluding tert-OH is 10. The minimum atomic E-state index is -1.70. The zero-order chi connectivity index (χ0) is 58.3. The Hall–Kier alpha value is -3.49. The van der Waals surface area contributed by atoms with Gasteiger partial charge in [0.05, 0.1) is 117 Å². The van der Waals surface area contributed by atoms with Crippen molar-refractivity contribution in [3.63, 3.8) is 0 Å². The van der Waals surface area contributed by atoms with Crippen LogP contribution in [0.2, 0.25) is 0 Å². The van der Waals surface area contributed by atoms with E-state index in [0.717, 1.165) is 21.3 Å². The van der Waals surface area contributed by atoms with Gasteiger partial charge in [0.2, 0.25) is 0 Å². The summed E-state index contributed by atoms with van der Waals surface area (Å²) in [7, 11) is 7.45. The third kappa shape index (κ3) is 16.2. The second-order valence-corrected chi connectivity index (χ2v) is 19.3. The van der Waals surface area contributed by atoms with E-state index in [1.165, 1.54) is 21.3 Å². The average molecular weight is 1140 g/mol. The van der Waals surface area contributed by atoms with E-state index >= 15 is 0 Å². The molecule has 78 heavy (non-hydrogen) atoms. The Balaban J connectivity index is 0.000000359. The number of aliphatic hydroxyl groups is 10. The molecule has 31 heteroatoms. The van der Waals surface area contributed by atoms with Gasteiger partial charge < -0.3 is 128 Å². The first-order valence-electron chi connectivity index (χ1n) is 25.0. The van der Waals surface area contributed by atoms with Gasteiger partial charge in [0.15, 0.2) is 30.5 Å². The largest absolute Gasteiger partial charge is 0.479 e. The fourth-order valence-electron chi connectivity index (χ4n) is 9.96. The SMILES string of the molecule is CC[C@H]1OC(C(=O)OC)[C@H](COC[C@H]2OC(C(=O)O)[C@H](COC[C@H]3OC(C(=O)OC)[C@H](COC)[C@@H](O)C3O)[C@@H](O)C2O)[C@@H](O)C1O.COC[C@H]1OC(C(=O)O)[C@H](COC[C@H]2OC(C(=O)OC)[C@H](COC)[C@@H](O)C2O)[C@@H](O)C1O. The van der Waals surface area contributed by atoms with Crippen molar-refractivity contribution in [2.45, 2.75) is 135 Å². The molecule has 12 N–H and O–H groups in total. The molecule has 5 heterocycles. The van der Waals surface area contributed by atoms with E-state index in [1.54, 1.807) is 6.92 Å². The summed E-state index contributed by atoms with van der Waals surface area (Å²) in [6.45, 7) is -1.13. The number of aliphatic carboxylic acids is 2. The predicted octanol–water partition coefficient (Wildman–Crippen LogP) is -7.41. The number of carboxylic acid groups (broad SMARTS) is 2. The Morgan fingerprint density at radius 2 is 0.551 bits per heavy atom. The molecule has 0 aromatic carbocycles. The van der Waals surface area contributed by atoms with E-state index in [0.29, 0.717) is 6.42 Å². The lowest BCUT2D eigenvalue weighted by atomic mass is 9.86. The number of rotatable bonds is 24. The lowest BCUT2D eigenvalue weighted by Gasteiger charge is -2.43. The molecule has 452 valence electrons. The van der Waals surface area contributed by atoms with E-state index in [2.05, 4.69) is 4.74 Å². The lowest BCUT2D eigenvalue weighted by molar-refractivity contribution is -0.243. The Morgan fingerprint density at radius 3 is 0.808 bits per heavy atom. The number of carbonyl (C=O) groups excluding carboxylic acids is 3. The maximum Gasteiger partial charge on any atom is 0.335 e. The molecule has 5 aliphatic heterocycles. The van der Waals surface area contributed by atoms with Crippen molar-refractivity contribution in [2.75, 3.05) is 102 Å². The quantitative estimate of drug-likeness (QED) is 0.0316. The summed E-state index contributed by atoms with van der Waals surface area (Å²) >= 11 is 0. The molecule has 5 saturated heterocycles. The lowest BCUT2D eigenvalue weighted by Crippen LogP contribution is -2.60. The molecule has 0 spiro atoms. The van der Waals surface area contributed by atoms with Gasteiger partial charge in [-0.15, -0.1) is 0 Å². The first-order chi connectivity index (χ1) is 37.0. The predicted molar refractivity (Wildman–Crippen MR) is 251 cm³/mol. The van der Waals surface area contributed by atoms with Crippen LogP contribution in [0.4, 0.5) is 0 Å². The van der Waals surface area contributed by atoms with Gasteiger partial charge >= 0.3 is 29.8 Å². The smallest absolute Gasteiger partial charge is 0.335 e. The van der Waals surface area contributed by atoms with Gasteiger partial charge in [-0.05, 0) is 6.42 Å². The second-order valence-electron chi connectivity index (χ2n) is 19.3. The Kier molecular flexibility index (Phi) is 27.2. The van der Waals surface area contributed by atoms with Gasteiger partial charge in [0.1, 0.15) is 54.9 Å². The van der Waals surface area contributed by atoms with Crippen molar-refractivity contribution in [1.29, 1.82) is 0 Å². The Bertz CT molecular complexity index is 1860. The molecule has 10 unspecified atom stereocenters. The van der Waals surface area contributed by atoms with Crippen molar-refractivity contribution in [1.82, 2.24) is 0 Å². The summed E-state index contributed by atoms with van der Waals surface area (Å²) in [5, 5.41) is 124. The number of carbonyl (C=O) groups is 5. The third-order valence-electron chi connectivity index (χ3n) is 14.4. The number of hydrogen-bond donors (Lipinski definition) is 12. The van der Waals surface area contributed by atoms with Gasteiger partial charge in [-0.1, -0.05) is 6.92 Å². The monoisotopic (exact) mass is 1140 g/mol. The van der Waals surface area contributed by atoms with Crippen LogP contribution >= 0.6 is 0 Å². The molecular weight excluding hydrogens is 1060 g/mol. The topological polar surface area (TPSA) is 457 Å². The summed E-state index contributed by atoms with van der Waals surface area (Å²) in [5.74, 6) is -10.6. The van der Waals surface area contributed by atoms with Crippen LogP contribution in [-0.2, 0) is 90.3 Å². The number of ether oxygens (including phenoxy) is 14. The van der Waals surface area contributed by atoms with E-state index in [4.69, 9.17) is 61.6 Å². The van der Waals surface area contributed by atoms with E-state index in [-0.39, 0.29) is 39.6 Å². The minimum Gasteiger partial charge on any atom is -0.479 e. The molecule has 31 nitrogen and oxygen atoms in total. The fourth-order valence-corrected chi connectivity index (χ4v) is 9.96. The molecule has 0 radical (unpaired) electrons. The zero-order valence-electron chi connectivity index (χ0n) is 44.1. The van der Waals surface area contributed by atoms with Gasteiger partial charge in [-0.3, -0.25) is 0 Å². The molecule has 5 aliphatic rings. The summed E-state index contributed by atoms with van der Waals surface area (Å²) in [6.07, 6.45) is -27.1. The second kappa shape index (κ2) is 31.6. The molecule has 0 saturated carbocycles. The molecule has 5 fully saturated rings. The highest BCUT2D eigenvalue weighted by Crippen LogP contribution is 2.34. The van der Waals surface area contributed by atoms with Crippen LogP contribution in [0.5, 0.6) is 0 Å². The third-order valence-corrected chi connectivity index (χ3v) is 14.4. The van der Waals surface area contributed by atoms with E-state index in [1.807, 2.05) is 0 Å². The normalized spacial score (nSPS) is 40.9. The molecule has 25 atom stereocenters. The zero-order valence-corrected chi connectivity index (χ0v) is 44.1. The molecule has 0 aromatic rings. The first-order valence-corrected chi connectivity index (χ1v) is 25.0. The van der Waals surface area contributed by atoms with Crippen LogP contribution in [0, 0.1) is 29.6 Å². The van der Waals surface area contributed by atoms with Gasteiger partial charge in [-0.25, -0.2) is 24.0 Å². The first kappa shape index (κ1) is 67.0. The molecule has 0 aliphatic carbocycles. The number of methoxy groups -OCH3 is 6. The Morgan fingerprint density at radius 1 is 0.321 bits per heavy atom. The standard InChI is InChI=1S/C28H46O18.C19H32O13/c1-5-14-20(32)19(31)13(25(44-14)28(38)41-4)8-43-9-15-21(33)18(30)12(23(45-15)26(35)36)7-42-10-16-22(34)17(29)11(6-39-2)24(46-16)27(37)40-3;1-27-4-8-12(20)15(23)11(32-17(8)19(26)29-3)7-30-5-9-13(21)14(22)10(6-28-2)31-16(9)18(24)25/h11-25,29-34H,5-10H2,1-4H3,(H,35,36);8-17,20-23H,4-7H2,1-3H3,(H,24,25)/t11-,12-,13-,14-,15-,16-,17-,18-,19-,20?,21?,22?,23?,24?,25?;8-,9-,10-,11-,12-,13-,14?,15?,16?,17?/m11/s1. The molecular formula is C47H78O31. The van der Waals surface area contributed by atoms with Crippen LogP contribution < -0.4 is 0 Å². The van der Waals surface area contributed by atoms with Gasteiger partial charge in [0.25, 0.3) is 0 Å². The van der Waals surface area contributed by atoms with Crippen molar-refractivity contribution in [2.24, 2.45) is 29.6 Å². The highest BCUT2D eigenvalue weighted by atomic mass is 16.6. The highest BCUT2D eigenvalue weighted by Gasteiger charge is 2.53. The number of hydrogen-bond acceptors (Lipinski definition) is 29. The molecule has 0 amide bonds. The van der Waals surface area contributed by atoms with Crippen molar-refractivity contribution in [3.05, 3.63) is 0 Å². The number of esters is 3.